The first-order valence-corrected chi connectivity index (χ1v) is 12.3. The number of ether oxygens (including phenoxy) is 2. The molecule has 1 N–H and O–H groups in total. The van der Waals surface area contributed by atoms with E-state index in [2.05, 4.69) is 4.74 Å². The van der Waals surface area contributed by atoms with E-state index >= 15 is 0 Å². The number of amides is 1. The maximum absolute atomic E-state index is 13.7. The fourth-order valence-corrected chi connectivity index (χ4v) is 4.20. The van der Waals surface area contributed by atoms with Gasteiger partial charge in [-0.05, 0) is 46.3 Å². The van der Waals surface area contributed by atoms with E-state index in [1.54, 1.807) is 49.4 Å². The van der Waals surface area contributed by atoms with Crippen LogP contribution in [0.4, 0.5) is 13.2 Å². The lowest BCUT2D eigenvalue weighted by Crippen LogP contribution is -2.59. The Morgan fingerprint density at radius 1 is 1.03 bits per heavy atom. The summed E-state index contributed by atoms with van der Waals surface area (Å²) in [6.07, 6.45) is -0.857. The van der Waals surface area contributed by atoms with E-state index in [9.17, 15) is 27.9 Å². The number of carbonyl (C=O) groups excluding carboxylic acids is 1. The standard InChI is InChI=1S/C29H32F3NO5/c1-5-17-37-28(38-29(30,31)32)16-15-22(21-9-7-6-8-10-21)18-24(28)33(25(34)26(35)36)19-20-11-13-23(14-12-20)27(2,3)4/h6-16,18,24H,5,17,19H2,1-4H3,(H,35,36). The number of benzene rings is 2. The summed E-state index contributed by atoms with van der Waals surface area (Å²) in [7, 11) is 0. The minimum Gasteiger partial charge on any atom is -0.474 e. The highest BCUT2D eigenvalue weighted by atomic mass is 19.4. The fraction of sp³-hybridized carbons (Fsp3) is 0.379. The summed E-state index contributed by atoms with van der Waals surface area (Å²) in [6.45, 7) is 7.39. The molecular weight excluding hydrogens is 499 g/mol. The molecule has 0 aliphatic heterocycles. The molecule has 0 aromatic heterocycles. The Kier molecular flexibility index (Phi) is 8.84. The van der Waals surface area contributed by atoms with E-state index < -0.39 is 30.1 Å². The second-order valence-electron chi connectivity index (χ2n) is 10.1. The molecule has 2 atom stereocenters. The van der Waals surface area contributed by atoms with Crippen molar-refractivity contribution in [2.75, 3.05) is 6.61 Å². The summed E-state index contributed by atoms with van der Waals surface area (Å²) in [5.74, 6) is -5.69. The molecule has 2 aromatic carbocycles. The Balaban J connectivity index is 2.16. The van der Waals surface area contributed by atoms with E-state index in [1.807, 2.05) is 32.9 Å². The van der Waals surface area contributed by atoms with E-state index in [-0.39, 0.29) is 18.6 Å². The van der Waals surface area contributed by atoms with Crippen molar-refractivity contribution in [2.45, 2.75) is 64.3 Å². The highest BCUT2D eigenvalue weighted by molar-refractivity contribution is 6.31. The number of allylic oxidation sites excluding steroid dienone is 2. The van der Waals surface area contributed by atoms with Crippen LogP contribution in [0.15, 0.2) is 72.8 Å². The van der Waals surface area contributed by atoms with Gasteiger partial charge in [-0.2, -0.15) is 0 Å². The molecule has 0 saturated carbocycles. The highest BCUT2D eigenvalue weighted by Crippen LogP contribution is 2.39. The number of carboxylic acid groups (broad SMARTS) is 1. The van der Waals surface area contributed by atoms with E-state index in [0.717, 1.165) is 16.5 Å². The number of hydrogen-bond donors (Lipinski definition) is 1. The molecule has 1 aliphatic rings. The molecule has 0 bridgehead atoms. The first kappa shape index (κ1) is 29.1. The Morgan fingerprint density at radius 2 is 1.66 bits per heavy atom. The van der Waals surface area contributed by atoms with Gasteiger partial charge in [0.25, 0.3) is 0 Å². The van der Waals surface area contributed by atoms with Crippen LogP contribution in [0.2, 0.25) is 0 Å². The van der Waals surface area contributed by atoms with Gasteiger partial charge in [-0.25, -0.2) is 4.79 Å². The summed E-state index contributed by atoms with van der Waals surface area (Å²) in [4.78, 5) is 25.8. The number of rotatable bonds is 8. The van der Waals surface area contributed by atoms with Crippen LogP contribution in [-0.2, 0) is 31.0 Å². The molecular formula is C29H32F3NO5. The molecule has 2 unspecified atom stereocenters. The van der Waals surface area contributed by atoms with Crippen molar-refractivity contribution >= 4 is 17.4 Å². The van der Waals surface area contributed by atoms with Crippen molar-refractivity contribution in [1.82, 2.24) is 4.90 Å². The van der Waals surface area contributed by atoms with Crippen LogP contribution < -0.4 is 0 Å². The van der Waals surface area contributed by atoms with Crippen LogP contribution in [0.5, 0.6) is 0 Å². The average molecular weight is 532 g/mol. The summed E-state index contributed by atoms with van der Waals surface area (Å²) < 4.78 is 51.4. The van der Waals surface area contributed by atoms with Gasteiger partial charge in [0.05, 0.1) is 6.61 Å². The van der Waals surface area contributed by atoms with Crippen LogP contribution in [0.1, 0.15) is 50.8 Å². The summed E-state index contributed by atoms with van der Waals surface area (Å²) >= 11 is 0. The zero-order valence-corrected chi connectivity index (χ0v) is 21.8. The largest absolute Gasteiger partial charge is 0.525 e. The summed E-state index contributed by atoms with van der Waals surface area (Å²) in [5, 5.41) is 9.64. The lowest BCUT2D eigenvalue weighted by molar-refractivity contribution is -0.410. The van der Waals surface area contributed by atoms with Crippen LogP contribution in [0, 0.1) is 0 Å². The van der Waals surface area contributed by atoms with Crippen molar-refractivity contribution in [2.24, 2.45) is 0 Å². The minimum absolute atomic E-state index is 0.124. The normalized spacial score (nSPS) is 19.7. The van der Waals surface area contributed by atoms with Crippen molar-refractivity contribution in [3.05, 3.63) is 89.5 Å². The van der Waals surface area contributed by atoms with Crippen molar-refractivity contribution < 1.29 is 37.3 Å². The van der Waals surface area contributed by atoms with Crippen molar-refractivity contribution in [3.63, 3.8) is 0 Å². The zero-order valence-electron chi connectivity index (χ0n) is 21.8. The second-order valence-corrected chi connectivity index (χ2v) is 10.1. The van der Waals surface area contributed by atoms with Gasteiger partial charge in [0.15, 0.2) is 0 Å². The SMILES string of the molecule is CCCOC1(OC(F)(F)F)C=CC(c2ccccc2)=CC1N(Cc1ccc(C(C)(C)C)cc1)C(=O)C(=O)O. The number of alkyl halides is 3. The van der Waals surface area contributed by atoms with Gasteiger partial charge in [-0.1, -0.05) is 88.4 Å². The smallest absolute Gasteiger partial charge is 0.474 e. The number of carbonyl (C=O) groups is 2. The number of carboxylic acids is 1. The third-order valence-electron chi connectivity index (χ3n) is 6.11. The molecule has 0 heterocycles. The van der Waals surface area contributed by atoms with E-state index in [0.29, 0.717) is 23.1 Å². The molecule has 0 radical (unpaired) electrons. The highest BCUT2D eigenvalue weighted by Gasteiger charge is 2.52. The van der Waals surface area contributed by atoms with Gasteiger partial charge in [0.1, 0.15) is 6.04 Å². The molecule has 0 spiro atoms. The van der Waals surface area contributed by atoms with Crippen LogP contribution >= 0.6 is 0 Å². The third kappa shape index (κ3) is 7.11. The Bertz CT molecular complexity index is 1180. The third-order valence-corrected chi connectivity index (χ3v) is 6.11. The van der Waals surface area contributed by atoms with Gasteiger partial charge in [-0.15, -0.1) is 13.2 Å². The summed E-state index contributed by atoms with van der Waals surface area (Å²) in [5.41, 5.74) is 2.55. The van der Waals surface area contributed by atoms with E-state index in [1.165, 1.54) is 12.2 Å². The van der Waals surface area contributed by atoms with Gasteiger partial charge < -0.3 is 14.7 Å². The molecule has 204 valence electrons. The van der Waals surface area contributed by atoms with E-state index in [4.69, 9.17) is 4.74 Å². The molecule has 6 nitrogen and oxygen atoms in total. The van der Waals surface area contributed by atoms with Gasteiger partial charge in [0, 0.05) is 6.54 Å². The molecule has 2 aromatic rings. The van der Waals surface area contributed by atoms with Crippen molar-refractivity contribution in [1.29, 1.82) is 0 Å². The second kappa shape index (κ2) is 11.5. The first-order valence-electron chi connectivity index (χ1n) is 12.3. The van der Waals surface area contributed by atoms with Gasteiger partial charge in [-0.3, -0.25) is 9.53 Å². The van der Waals surface area contributed by atoms with Crippen LogP contribution in [0.3, 0.4) is 0 Å². The van der Waals surface area contributed by atoms with Crippen LogP contribution in [0.25, 0.3) is 5.57 Å². The average Bonchev–Trinajstić information content (AvgIpc) is 2.85. The topological polar surface area (TPSA) is 76.1 Å². The Labute approximate surface area is 220 Å². The molecule has 1 aliphatic carbocycles. The maximum Gasteiger partial charge on any atom is 0.525 e. The molecule has 3 rings (SSSR count). The molecule has 9 heteroatoms. The predicted molar refractivity (Wildman–Crippen MR) is 137 cm³/mol. The lowest BCUT2D eigenvalue weighted by atomic mass is 9.86. The molecule has 38 heavy (non-hydrogen) atoms. The lowest BCUT2D eigenvalue weighted by Gasteiger charge is -2.44. The monoisotopic (exact) mass is 531 g/mol. The van der Waals surface area contributed by atoms with Gasteiger partial charge in [0.2, 0.25) is 5.79 Å². The number of hydrogen-bond acceptors (Lipinski definition) is 4. The molecule has 0 fully saturated rings. The summed E-state index contributed by atoms with van der Waals surface area (Å²) in [6, 6.07) is 14.4. The first-order chi connectivity index (χ1) is 17.8. The molecule has 0 saturated heterocycles. The minimum atomic E-state index is -5.14. The van der Waals surface area contributed by atoms with Gasteiger partial charge >= 0.3 is 18.2 Å². The predicted octanol–water partition coefficient (Wildman–Crippen LogP) is 6.08. The Morgan fingerprint density at radius 3 is 2.18 bits per heavy atom. The zero-order chi connectivity index (χ0) is 28.1. The van der Waals surface area contributed by atoms with Crippen molar-refractivity contribution in [3.8, 4) is 0 Å². The number of nitrogens with zero attached hydrogens (tertiary/aromatic N) is 1. The number of halogens is 3. The van der Waals surface area contributed by atoms with Crippen LogP contribution in [-0.4, -0.2) is 46.7 Å². The quantitative estimate of drug-likeness (QED) is 0.330. The molecule has 1 amide bonds. The number of aliphatic carboxylic acids is 1. The fourth-order valence-electron chi connectivity index (χ4n) is 4.20. The maximum atomic E-state index is 13.7. The Hall–Kier alpha value is -3.43.